The fourth-order valence-corrected chi connectivity index (χ4v) is 3.31. The molecule has 2 atom stereocenters. The molecule has 2 aliphatic rings. The Hall–Kier alpha value is -1.66. The van der Waals surface area contributed by atoms with Crippen LogP contribution in [0.3, 0.4) is 0 Å². The summed E-state index contributed by atoms with van der Waals surface area (Å²) in [5, 5.41) is 14.4. The second kappa shape index (κ2) is 5.03. The molecule has 0 saturated carbocycles. The molecule has 6 nitrogen and oxygen atoms in total. The van der Waals surface area contributed by atoms with Gasteiger partial charge in [0.05, 0.1) is 4.92 Å². The minimum absolute atomic E-state index is 0.00177. The van der Waals surface area contributed by atoms with Crippen LogP contribution < -0.4 is 5.32 Å². The highest BCUT2D eigenvalue weighted by Gasteiger charge is 2.39. The van der Waals surface area contributed by atoms with Crippen LogP contribution >= 0.6 is 11.6 Å². The molecule has 0 aliphatic carbocycles. The number of likely N-dealkylation sites (tertiary alicyclic amines) is 1. The lowest BCUT2D eigenvalue weighted by Crippen LogP contribution is -2.32. The molecule has 7 heteroatoms. The largest absolute Gasteiger partial charge is 0.338 e. The number of amides is 1. The highest BCUT2D eigenvalue weighted by Crippen LogP contribution is 2.32. The van der Waals surface area contributed by atoms with Crippen molar-refractivity contribution in [3.8, 4) is 0 Å². The average molecular weight is 296 g/mol. The van der Waals surface area contributed by atoms with Gasteiger partial charge in [-0.15, -0.1) is 0 Å². The van der Waals surface area contributed by atoms with Gasteiger partial charge in [0.2, 0.25) is 0 Å². The number of para-hydroxylation sites is 1. The number of fused-ring (bicyclic) bond motifs is 1. The molecule has 1 aromatic carbocycles. The number of carbonyl (C=O) groups excluding carboxylic acids is 1. The third kappa shape index (κ3) is 2.14. The minimum atomic E-state index is -0.589. The second-order valence-corrected chi connectivity index (χ2v) is 5.69. The smallest absolute Gasteiger partial charge is 0.300 e. The van der Waals surface area contributed by atoms with Crippen molar-refractivity contribution in [1.29, 1.82) is 0 Å². The van der Waals surface area contributed by atoms with E-state index in [1.54, 1.807) is 11.0 Å². The number of nitrogens with zero attached hydrogens (tertiary/aromatic N) is 2. The molecule has 2 fully saturated rings. The second-order valence-electron chi connectivity index (χ2n) is 5.28. The van der Waals surface area contributed by atoms with Gasteiger partial charge in [0.25, 0.3) is 5.91 Å². The monoisotopic (exact) mass is 295 g/mol. The Bertz CT molecular complexity index is 566. The number of nitro benzene ring substituents is 1. The first-order valence-corrected chi connectivity index (χ1v) is 6.88. The maximum absolute atomic E-state index is 12.5. The van der Waals surface area contributed by atoms with Crippen LogP contribution in [-0.2, 0) is 0 Å². The average Bonchev–Trinajstić information content (AvgIpc) is 2.97. The van der Waals surface area contributed by atoms with Crippen molar-refractivity contribution in [3.05, 3.63) is 38.9 Å². The van der Waals surface area contributed by atoms with E-state index in [2.05, 4.69) is 5.32 Å². The maximum atomic E-state index is 12.5. The lowest BCUT2D eigenvalue weighted by molar-refractivity contribution is -0.385. The summed E-state index contributed by atoms with van der Waals surface area (Å²) in [5.74, 6) is 0.614. The van der Waals surface area contributed by atoms with Crippen molar-refractivity contribution in [3.63, 3.8) is 0 Å². The van der Waals surface area contributed by atoms with Crippen molar-refractivity contribution in [2.24, 2.45) is 11.8 Å². The molecule has 2 saturated heterocycles. The van der Waals surface area contributed by atoms with Crippen molar-refractivity contribution >= 4 is 23.2 Å². The molecular formula is C13H14ClN3O3. The third-order valence-corrected chi connectivity index (χ3v) is 4.38. The first kappa shape index (κ1) is 13.3. The fourth-order valence-electron chi connectivity index (χ4n) is 3.07. The summed E-state index contributed by atoms with van der Waals surface area (Å²) < 4.78 is 0. The fraction of sp³-hybridized carbons (Fsp3) is 0.462. The van der Waals surface area contributed by atoms with E-state index in [4.69, 9.17) is 11.6 Å². The Morgan fingerprint density at radius 3 is 2.60 bits per heavy atom. The summed E-state index contributed by atoms with van der Waals surface area (Å²) in [6.07, 6.45) is 0. The number of carbonyl (C=O) groups is 1. The SMILES string of the molecule is O=C(c1cccc(Cl)c1[N+](=O)[O-])N1C[C@H]2CNC[C@H]2C1. The molecule has 0 radical (unpaired) electrons. The van der Waals surface area contributed by atoms with Gasteiger partial charge in [-0.1, -0.05) is 17.7 Å². The van der Waals surface area contributed by atoms with Gasteiger partial charge >= 0.3 is 5.69 Å². The van der Waals surface area contributed by atoms with Gasteiger partial charge in [0.1, 0.15) is 10.6 Å². The predicted molar refractivity (Wildman–Crippen MR) is 73.9 cm³/mol. The molecule has 0 spiro atoms. The van der Waals surface area contributed by atoms with Crippen molar-refractivity contribution < 1.29 is 9.72 Å². The molecule has 2 aliphatic heterocycles. The van der Waals surface area contributed by atoms with Crippen LogP contribution in [0.1, 0.15) is 10.4 Å². The van der Waals surface area contributed by atoms with Gasteiger partial charge < -0.3 is 10.2 Å². The summed E-state index contributed by atoms with van der Waals surface area (Å²) in [7, 11) is 0. The van der Waals surface area contributed by atoms with Crippen molar-refractivity contribution in [1.82, 2.24) is 10.2 Å². The standard InChI is InChI=1S/C13H14ClN3O3/c14-11-3-1-2-10(12(11)17(19)20)13(18)16-6-8-4-15-5-9(8)7-16/h1-3,8-9,15H,4-7H2/t8-,9+. The molecule has 0 aromatic heterocycles. The number of halogens is 1. The number of hydrogen-bond donors (Lipinski definition) is 1. The summed E-state index contributed by atoms with van der Waals surface area (Å²) in [6.45, 7) is 3.12. The zero-order chi connectivity index (χ0) is 14.3. The van der Waals surface area contributed by atoms with Gasteiger partial charge in [-0.25, -0.2) is 0 Å². The number of hydrogen-bond acceptors (Lipinski definition) is 4. The van der Waals surface area contributed by atoms with E-state index in [9.17, 15) is 14.9 Å². The van der Waals surface area contributed by atoms with E-state index < -0.39 is 4.92 Å². The molecule has 1 N–H and O–H groups in total. The molecule has 1 aromatic rings. The zero-order valence-electron chi connectivity index (χ0n) is 10.7. The van der Waals surface area contributed by atoms with Gasteiger partial charge in [-0.05, 0) is 24.0 Å². The molecule has 3 rings (SSSR count). The zero-order valence-corrected chi connectivity index (χ0v) is 11.5. The summed E-state index contributed by atoms with van der Waals surface area (Å²) in [5.41, 5.74) is -0.218. The number of benzene rings is 1. The molecule has 0 bridgehead atoms. The normalized spacial score (nSPS) is 24.8. The van der Waals surface area contributed by atoms with E-state index in [0.717, 1.165) is 13.1 Å². The third-order valence-electron chi connectivity index (χ3n) is 4.08. The number of nitrogens with one attached hydrogen (secondary N) is 1. The Labute approximate surface area is 120 Å². The minimum Gasteiger partial charge on any atom is -0.338 e. The highest BCUT2D eigenvalue weighted by atomic mass is 35.5. The highest BCUT2D eigenvalue weighted by molar-refractivity contribution is 6.33. The van der Waals surface area contributed by atoms with Crippen LogP contribution in [0.2, 0.25) is 5.02 Å². The lowest BCUT2D eigenvalue weighted by atomic mass is 10.0. The summed E-state index contributed by atoms with van der Waals surface area (Å²) >= 11 is 5.85. The van der Waals surface area contributed by atoms with Crippen LogP contribution in [0.4, 0.5) is 5.69 Å². The quantitative estimate of drug-likeness (QED) is 0.663. The van der Waals surface area contributed by atoms with E-state index in [1.807, 2.05) is 0 Å². The topological polar surface area (TPSA) is 75.5 Å². The van der Waals surface area contributed by atoms with Gasteiger partial charge in [-0.3, -0.25) is 14.9 Å². The van der Waals surface area contributed by atoms with E-state index in [0.29, 0.717) is 24.9 Å². The lowest BCUT2D eigenvalue weighted by Gasteiger charge is -2.17. The molecule has 20 heavy (non-hydrogen) atoms. The molecular weight excluding hydrogens is 282 g/mol. The predicted octanol–water partition coefficient (Wildman–Crippen LogP) is 1.54. The molecule has 1 amide bonds. The van der Waals surface area contributed by atoms with Crippen LogP contribution in [0.5, 0.6) is 0 Å². The summed E-state index contributed by atoms with van der Waals surface area (Å²) in [6, 6.07) is 4.47. The Balaban J connectivity index is 1.88. The van der Waals surface area contributed by atoms with Gasteiger partial charge in [-0.2, -0.15) is 0 Å². The van der Waals surface area contributed by atoms with Crippen molar-refractivity contribution in [2.45, 2.75) is 0 Å². The van der Waals surface area contributed by atoms with E-state index in [-0.39, 0.29) is 22.2 Å². The van der Waals surface area contributed by atoms with Crippen molar-refractivity contribution in [2.75, 3.05) is 26.2 Å². The molecule has 2 heterocycles. The Morgan fingerprint density at radius 2 is 2.00 bits per heavy atom. The number of rotatable bonds is 2. The first-order valence-electron chi connectivity index (χ1n) is 6.51. The van der Waals surface area contributed by atoms with Crippen LogP contribution in [0.15, 0.2) is 18.2 Å². The summed E-state index contributed by atoms with van der Waals surface area (Å²) in [4.78, 5) is 24.7. The number of nitro groups is 1. The van der Waals surface area contributed by atoms with Crippen LogP contribution in [-0.4, -0.2) is 41.9 Å². The molecule has 0 unspecified atom stereocenters. The van der Waals surface area contributed by atoms with Crippen LogP contribution in [0, 0.1) is 22.0 Å². The van der Waals surface area contributed by atoms with Crippen LogP contribution in [0.25, 0.3) is 0 Å². The Morgan fingerprint density at radius 1 is 1.35 bits per heavy atom. The van der Waals surface area contributed by atoms with Gasteiger partial charge in [0.15, 0.2) is 0 Å². The van der Waals surface area contributed by atoms with Gasteiger partial charge in [0, 0.05) is 26.2 Å². The Kier molecular flexibility index (Phi) is 3.35. The van der Waals surface area contributed by atoms with E-state index in [1.165, 1.54) is 12.1 Å². The van der Waals surface area contributed by atoms with E-state index >= 15 is 0 Å². The first-order chi connectivity index (χ1) is 9.58. The maximum Gasteiger partial charge on any atom is 0.300 e. The molecule has 106 valence electrons.